The average molecular weight is 330 g/mol. The van der Waals surface area contributed by atoms with Crippen LogP contribution in [0.25, 0.3) is 0 Å². The van der Waals surface area contributed by atoms with Gasteiger partial charge in [0.15, 0.2) is 0 Å². The van der Waals surface area contributed by atoms with Gasteiger partial charge in [-0.1, -0.05) is 30.3 Å². The highest BCUT2D eigenvalue weighted by atomic mass is 16.5. The van der Waals surface area contributed by atoms with Crippen LogP contribution in [0.4, 0.5) is 0 Å². The molecule has 132 valence electrons. The van der Waals surface area contributed by atoms with Crippen LogP contribution in [0.1, 0.15) is 32.8 Å². The number of carbonyl (C=O) groups excluding carboxylic acids is 1. The molecule has 0 N–H and O–H groups in total. The Morgan fingerprint density at radius 1 is 1.21 bits per heavy atom. The molecule has 1 aromatic rings. The number of rotatable bonds is 7. The molecular weight excluding hydrogens is 300 g/mol. The predicted molar refractivity (Wildman–Crippen MR) is 97.7 cm³/mol. The fourth-order valence-electron chi connectivity index (χ4n) is 3.25. The molecule has 4 heteroatoms. The summed E-state index contributed by atoms with van der Waals surface area (Å²) < 4.78 is 5.13. The molecule has 0 aromatic heterocycles. The molecule has 0 spiro atoms. The van der Waals surface area contributed by atoms with E-state index in [0.29, 0.717) is 12.6 Å². The Morgan fingerprint density at radius 2 is 1.96 bits per heavy atom. The molecule has 0 unspecified atom stereocenters. The van der Waals surface area contributed by atoms with Crippen LogP contribution in [-0.4, -0.2) is 54.0 Å². The smallest absolute Gasteiger partial charge is 0.249 e. The van der Waals surface area contributed by atoms with Gasteiger partial charge in [0.25, 0.3) is 0 Å². The lowest BCUT2D eigenvalue weighted by Crippen LogP contribution is -2.57. The standard InChI is InChI=1S/C20H30N2O2/c1-4-24-14-12-20(23)22-16-17(2)21(15-18(22)3)13-8-11-19-9-6-5-7-10-19/h5-7,9-10,12,14,17-18H,4,8,11,13,15-16H2,1-3H3/t17-,18+/m1/s1. The van der Waals surface area contributed by atoms with E-state index >= 15 is 0 Å². The minimum atomic E-state index is 0.0479. The lowest BCUT2D eigenvalue weighted by Gasteiger charge is -2.43. The van der Waals surface area contributed by atoms with Crippen molar-refractivity contribution in [3.05, 3.63) is 48.2 Å². The Labute approximate surface area is 146 Å². The Kier molecular flexibility index (Phi) is 7.32. The van der Waals surface area contributed by atoms with Crippen LogP contribution in [0.5, 0.6) is 0 Å². The third kappa shape index (κ3) is 5.38. The molecule has 1 aliphatic heterocycles. The zero-order valence-corrected chi connectivity index (χ0v) is 15.1. The molecule has 2 rings (SSSR count). The number of piperazine rings is 1. The first-order valence-corrected chi connectivity index (χ1v) is 8.98. The summed E-state index contributed by atoms with van der Waals surface area (Å²) in [4.78, 5) is 16.7. The van der Waals surface area contributed by atoms with Gasteiger partial charge in [-0.15, -0.1) is 0 Å². The molecule has 0 radical (unpaired) electrons. The first kappa shape index (κ1) is 18.5. The maximum Gasteiger partial charge on any atom is 0.249 e. The van der Waals surface area contributed by atoms with Gasteiger partial charge < -0.3 is 9.64 Å². The normalized spacial score (nSPS) is 22.0. The van der Waals surface area contributed by atoms with Crippen LogP contribution in [0.15, 0.2) is 42.7 Å². The summed E-state index contributed by atoms with van der Waals surface area (Å²) in [5, 5.41) is 0. The van der Waals surface area contributed by atoms with Crippen LogP contribution in [0.2, 0.25) is 0 Å². The molecule has 1 saturated heterocycles. The Morgan fingerprint density at radius 3 is 2.67 bits per heavy atom. The SMILES string of the molecule is CCOC=CC(=O)N1C[C@@H](C)N(CCCc2ccccc2)C[C@@H]1C. The van der Waals surface area contributed by atoms with Gasteiger partial charge in [0.2, 0.25) is 5.91 Å². The molecule has 0 bridgehead atoms. The lowest BCUT2D eigenvalue weighted by molar-refractivity contribution is -0.131. The highest BCUT2D eigenvalue weighted by Gasteiger charge is 2.30. The summed E-state index contributed by atoms with van der Waals surface area (Å²) in [5.41, 5.74) is 1.40. The Hall–Kier alpha value is -1.81. The molecule has 24 heavy (non-hydrogen) atoms. The number of hydrogen-bond acceptors (Lipinski definition) is 3. The monoisotopic (exact) mass is 330 g/mol. The van der Waals surface area contributed by atoms with Gasteiger partial charge in [0, 0.05) is 31.2 Å². The zero-order chi connectivity index (χ0) is 17.4. The second kappa shape index (κ2) is 9.48. The van der Waals surface area contributed by atoms with Crippen molar-refractivity contribution in [2.75, 3.05) is 26.2 Å². The highest BCUT2D eigenvalue weighted by Crippen LogP contribution is 2.17. The van der Waals surface area contributed by atoms with E-state index in [4.69, 9.17) is 4.74 Å². The number of benzene rings is 1. The van der Waals surface area contributed by atoms with E-state index in [1.807, 2.05) is 11.8 Å². The van der Waals surface area contributed by atoms with Gasteiger partial charge in [-0.05, 0) is 45.7 Å². The van der Waals surface area contributed by atoms with Gasteiger partial charge in [-0.25, -0.2) is 0 Å². The number of aryl methyl sites for hydroxylation is 1. The molecule has 1 heterocycles. The fraction of sp³-hybridized carbons (Fsp3) is 0.550. The van der Waals surface area contributed by atoms with E-state index in [1.165, 1.54) is 17.9 Å². The van der Waals surface area contributed by atoms with E-state index < -0.39 is 0 Å². The molecule has 1 aliphatic rings. The van der Waals surface area contributed by atoms with Crippen molar-refractivity contribution in [3.8, 4) is 0 Å². The largest absolute Gasteiger partial charge is 0.501 e. The zero-order valence-electron chi connectivity index (χ0n) is 15.1. The quantitative estimate of drug-likeness (QED) is 0.569. The minimum absolute atomic E-state index is 0.0479. The van der Waals surface area contributed by atoms with Crippen LogP contribution < -0.4 is 0 Å². The highest BCUT2D eigenvalue weighted by molar-refractivity contribution is 5.87. The van der Waals surface area contributed by atoms with Crippen molar-refractivity contribution in [2.24, 2.45) is 0 Å². The molecule has 1 fully saturated rings. The van der Waals surface area contributed by atoms with Crippen LogP contribution in [-0.2, 0) is 16.0 Å². The molecule has 0 aliphatic carbocycles. The number of amides is 1. The molecule has 2 atom stereocenters. The predicted octanol–water partition coefficient (Wildman–Crippen LogP) is 3.09. The second-order valence-corrected chi connectivity index (χ2v) is 6.53. The number of carbonyl (C=O) groups is 1. The second-order valence-electron chi connectivity index (χ2n) is 6.53. The lowest BCUT2D eigenvalue weighted by atomic mass is 10.1. The number of ether oxygens (including phenoxy) is 1. The maximum absolute atomic E-state index is 12.3. The molecule has 4 nitrogen and oxygen atoms in total. The molecule has 1 aromatic carbocycles. The fourth-order valence-corrected chi connectivity index (χ4v) is 3.25. The van der Waals surface area contributed by atoms with Gasteiger partial charge >= 0.3 is 0 Å². The summed E-state index contributed by atoms with van der Waals surface area (Å²) in [7, 11) is 0. The third-order valence-electron chi connectivity index (χ3n) is 4.63. The van der Waals surface area contributed by atoms with E-state index in [9.17, 15) is 4.79 Å². The van der Waals surface area contributed by atoms with E-state index in [2.05, 4.69) is 49.1 Å². The van der Waals surface area contributed by atoms with Crippen LogP contribution >= 0.6 is 0 Å². The van der Waals surface area contributed by atoms with E-state index in [0.717, 1.165) is 32.5 Å². The first-order valence-electron chi connectivity index (χ1n) is 8.98. The summed E-state index contributed by atoms with van der Waals surface area (Å²) in [6.07, 6.45) is 5.31. The summed E-state index contributed by atoms with van der Waals surface area (Å²) in [6.45, 7) is 9.63. The molecular formula is C20H30N2O2. The van der Waals surface area contributed by atoms with Gasteiger partial charge in [-0.2, -0.15) is 0 Å². The molecule has 1 amide bonds. The third-order valence-corrected chi connectivity index (χ3v) is 4.63. The summed E-state index contributed by atoms with van der Waals surface area (Å²) in [5.74, 6) is 0.0479. The number of nitrogens with zero attached hydrogens (tertiary/aromatic N) is 2. The topological polar surface area (TPSA) is 32.8 Å². The van der Waals surface area contributed by atoms with Crippen molar-refractivity contribution in [1.82, 2.24) is 9.80 Å². The van der Waals surface area contributed by atoms with Gasteiger partial charge in [0.05, 0.1) is 12.9 Å². The first-order chi connectivity index (χ1) is 11.6. The van der Waals surface area contributed by atoms with Gasteiger partial charge in [0.1, 0.15) is 0 Å². The Bertz CT molecular complexity index is 530. The van der Waals surface area contributed by atoms with Crippen molar-refractivity contribution in [2.45, 2.75) is 45.7 Å². The average Bonchev–Trinajstić information content (AvgIpc) is 2.58. The van der Waals surface area contributed by atoms with Crippen molar-refractivity contribution >= 4 is 5.91 Å². The Balaban J connectivity index is 1.80. The van der Waals surface area contributed by atoms with Crippen molar-refractivity contribution in [3.63, 3.8) is 0 Å². The van der Waals surface area contributed by atoms with E-state index in [-0.39, 0.29) is 11.9 Å². The summed E-state index contributed by atoms with van der Waals surface area (Å²) >= 11 is 0. The number of hydrogen-bond donors (Lipinski definition) is 0. The minimum Gasteiger partial charge on any atom is -0.501 e. The summed E-state index contributed by atoms with van der Waals surface area (Å²) in [6, 6.07) is 11.3. The van der Waals surface area contributed by atoms with Crippen LogP contribution in [0.3, 0.4) is 0 Å². The van der Waals surface area contributed by atoms with Gasteiger partial charge in [-0.3, -0.25) is 9.69 Å². The van der Waals surface area contributed by atoms with Crippen LogP contribution in [0, 0.1) is 0 Å². The van der Waals surface area contributed by atoms with Crippen molar-refractivity contribution in [1.29, 1.82) is 0 Å². The van der Waals surface area contributed by atoms with Crippen molar-refractivity contribution < 1.29 is 9.53 Å². The maximum atomic E-state index is 12.3. The molecule has 0 saturated carbocycles. The van der Waals surface area contributed by atoms with E-state index in [1.54, 1.807) is 0 Å².